The third kappa shape index (κ3) is 1.14. The van der Waals surface area contributed by atoms with Crippen molar-refractivity contribution in [2.75, 3.05) is 13.1 Å². The molecule has 1 saturated heterocycles. The Morgan fingerprint density at radius 2 is 2.14 bits per heavy atom. The molecule has 0 radical (unpaired) electrons. The van der Waals surface area contributed by atoms with E-state index < -0.39 is 0 Å². The van der Waals surface area contributed by atoms with E-state index in [0.29, 0.717) is 5.92 Å². The van der Waals surface area contributed by atoms with Crippen LogP contribution in [0, 0.1) is 12.8 Å². The van der Waals surface area contributed by atoms with E-state index in [1.807, 2.05) is 17.9 Å². The lowest BCUT2D eigenvalue weighted by molar-refractivity contribution is 0.244. The lowest BCUT2D eigenvalue weighted by atomic mass is 9.90. The molecule has 14 heavy (non-hydrogen) atoms. The van der Waals surface area contributed by atoms with Gasteiger partial charge in [-0.25, -0.2) is 9.67 Å². The van der Waals surface area contributed by atoms with E-state index in [4.69, 9.17) is 0 Å². The predicted molar refractivity (Wildman–Crippen MR) is 53.3 cm³/mol. The average Bonchev–Trinajstić information content (AvgIpc) is 2.66. The normalized spacial score (nSPS) is 21.5. The Morgan fingerprint density at radius 1 is 1.36 bits per heavy atom. The number of fused-ring (bicyclic) bond motifs is 2. The Morgan fingerprint density at radius 3 is 2.64 bits per heavy atom. The van der Waals surface area contributed by atoms with E-state index in [0.717, 1.165) is 5.82 Å². The van der Waals surface area contributed by atoms with Gasteiger partial charge < -0.3 is 4.90 Å². The fourth-order valence-electron chi connectivity index (χ4n) is 2.33. The summed E-state index contributed by atoms with van der Waals surface area (Å²) in [6, 6.07) is 0. The lowest BCUT2D eigenvalue weighted by Gasteiger charge is -2.38. The van der Waals surface area contributed by atoms with Crippen LogP contribution in [0.25, 0.3) is 5.70 Å². The molecule has 3 aliphatic rings. The zero-order valence-corrected chi connectivity index (χ0v) is 8.35. The van der Waals surface area contributed by atoms with Crippen molar-refractivity contribution in [3.8, 4) is 0 Å². The van der Waals surface area contributed by atoms with Crippen molar-refractivity contribution in [2.24, 2.45) is 5.92 Å². The van der Waals surface area contributed by atoms with Crippen molar-refractivity contribution in [2.45, 2.75) is 19.8 Å². The Kier molecular flexibility index (Phi) is 1.63. The molecule has 0 atom stereocenters. The molecule has 0 spiro atoms. The number of allylic oxidation sites excluding steroid dienone is 1. The molecule has 74 valence electrons. The molecule has 0 aliphatic carbocycles. The van der Waals surface area contributed by atoms with E-state index in [1.165, 1.54) is 31.6 Å². The molecule has 4 heterocycles. The first kappa shape index (κ1) is 8.03. The zero-order chi connectivity index (χ0) is 9.54. The van der Waals surface area contributed by atoms with Crippen molar-refractivity contribution >= 4 is 5.70 Å². The first-order valence-electron chi connectivity index (χ1n) is 5.17. The Bertz CT molecular complexity index is 371. The highest BCUT2D eigenvalue weighted by Gasteiger charge is 2.28. The molecule has 0 unspecified atom stereocenters. The number of nitrogens with zero attached hydrogens (tertiary/aromatic N) is 4. The number of hydrogen-bond donors (Lipinski definition) is 0. The van der Waals surface area contributed by atoms with Gasteiger partial charge >= 0.3 is 0 Å². The van der Waals surface area contributed by atoms with Gasteiger partial charge in [-0.1, -0.05) is 0 Å². The maximum absolute atomic E-state index is 4.36. The van der Waals surface area contributed by atoms with Crippen LogP contribution >= 0.6 is 0 Å². The van der Waals surface area contributed by atoms with Crippen LogP contribution in [0.1, 0.15) is 18.7 Å². The molecule has 0 amide bonds. The van der Waals surface area contributed by atoms with E-state index in [-0.39, 0.29) is 0 Å². The summed E-state index contributed by atoms with van der Waals surface area (Å²) in [5.41, 5.74) is 1.32. The number of rotatable bonds is 1. The highest BCUT2D eigenvalue weighted by Crippen LogP contribution is 2.33. The summed E-state index contributed by atoms with van der Waals surface area (Å²) in [6.07, 6.45) is 6.60. The summed E-state index contributed by atoms with van der Waals surface area (Å²) >= 11 is 0. The van der Waals surface area contributed by atoms with Crippen LogP contribution in [0.5, 0.6) is 0 Å². The zero-order valence-electron chi connectivity index (χ0n) is 8.35. The number of aryl methyl sites for hydroxylation is 1. The van der Waals surface area contributed by atoms with Gasteiger partial charge in [-0.2, -0.15) is 5.10 Å². The second-order valence-electron chi connectivity index (χ2n) is 4.10. The number of piperidine rings is 1. The molecular weight excluding hydrogens is 176 g/mol. The second kappa shape index (κ2) is 2.83. The van der Waals surface area contributed by atoms with Crippen LogP contribution in [-0.4, -0.2) is 32.8 Å². The molecule has 1 aromatic rings. The Hall–Kier alpha value is -1.32. The summed E-state index contributed by atoms with van der Waals surface area (Å²) < 4.78 is 1.94. The summed E-state index contributed by atoms with van der Waals surface area (Å²) in [7, 11) is 0. The summed E-state index contributed by atoms with van der Waals surface area (Å²) in [5, 5.41) is 4.36. The van der Waals surface area contributed by atoms with Crippen LogP contribution in [0.4, 0.5) is 0 Å². The van der Waals surface area contributed by atoms with Crippen molar-refractivity contribution in [1.82, 2.24) is 19.7 Å². The minimum atomic E-state index is 0.695. The first-order valence-corrected chi connectivity index (χ1v) is 5.17. The maximum atomic E-state index is 4.36. The van der Waals surface area contributed by atoms with E-state index in [9.17, 15) is 0 Å². The highest BCUT2D eigenvalue weighted by atomic mass is 15.3. The Balaban J connectivity index is 1.99. The van der Waals surface area contributed by atoms with Crippen LogP contribution in [0.15, 0.2) is 12.5 Å². The average molecular weight is 190 g/mol. The van der Waals surface area contributed by atoms with Gasteiger partial charge in [-0.3, -0.25) is 0 Å². The molecule has 2 bridgehead atoms. The molecule has 4 rings (SSSR count). The fraction of sp³-hybridized carbons (Fsp3) is 0.600. The van der Waals surface area contributed by atoms with E-state index in [2.05, 4.69) is 21.2 Å². The largest absolute Gasteiger partial charge is 0.376 e. The fourth-order valence-corrected chi connectivity index (χ4v) is 2.33. The third-order valence-electron chi connectivity index (χ3n) is 3.13. The van der Waals surface area contributed by atoms with Crippen LogP contribution in [0.2, 0.25) is 0 Å². The third-order valence-corrected chi connectivity index (χ3v) is 3.13. The first-order chi connectivity index (χ1) is 6.83. The van der Waals surface area contributed by atoms with Gasteiger partial charge in [0.15, 0.2) is 0 Å². The van der Waals surface area contributed by atoms with E-state index >= 15 is 0 Å². The maximum Gasteiger partial charge on any atom is 0.147 e. The van der Waals surface area contributed by atoms with Gasteiger partial charge in [0.2, 0.25) is 0 Å². The molecule has 0 N–H and O–H groups in total. The number of hydrogen-bond acceptors (Lipinski definition) is 3. The number of aromatic nitrogens is 3. The van der Waals surface area contributed by atoms with Gasteiger partial charge in [-0.05, 0) is 19.8 Å². The van der Waals surface area contributed by atoms with Crippen LogP contribution < -0.4 is 0 Å². The Labute approximate surface area is 83.2 Å². The standard InChI is InChI=1S/C10H14N4/c1-8-11-7-14(12-8)10-6-13-4-2-9(10)3-5-13/h6-7,9H,2-5H2,1H3. The monoisotopic (exact) mass is 190 g/mol. The minimum absolute atomic E-state index is 0.695. The molecular formula is C10H14N4. The van der Waals surface area contributed by atoms with Crippen LogP contribution in [0.3, 0.4) is 0 Å². The smallest absolute Gasteiger partial charge is 0.147 e. The quantitative estimate of drug-likeness (QED) is 0.665. The minimum Gasteiger partial charge on any atom is -0.376 e. The molecule has 4 nitrogen and oxygen atoms in total. The molecule has 4 heteroatoms. The lowest BCUT2D eigenvalue weighted by Crippen LogP contribution is -2.36. The molecule has 1 fully saturated rings. The van der Waals surface area contributed by atoms with Crippen molar-refractivity contribution < 1.29 is 0 Å². The summed E-state index contributed by atoms with van der Waals surface area (Å²) in [4.78, 5) is 6.55. The highest BCUT2D eigenvalue weighted by molar-refractivity contribution is 5.48. The van der Waals surface area contributed by atoms with Gasteiger partial charge in [0.05, 0.1) is 5.70 Å². The van der Waals surface area contributed by atoms with Gasteiger partial charge in [0, 0.05) is 25.2 Å². The van der Waals surface area contributed by atoms with E-state index in [1.54, 1.807) is 0 Å². The molecule has 3 aliphatic heterocycles. The van der Waals surface area contributed by atoms with Crippen LogP contribution in [-0.2, 0) is 0 Å². The SMILES string of the molecule is Cc1ncn(C2=CN3CCC2CC3)n1. The predicted octanol–water partition coefficient (Wildman–Crippen LogP) is 1.11. The second-order valence-corrected chi connectivity index (χ2v) is 4.10. The molecule has 0 aromatic carbocycles. The summed E-state index contributed by atoms with van der Waals surface area (Å²) in [6.45, 7) is 4.35. The molecule has 1 aromatic heterocycles. The summed E-state index contributed by atoms with van der Waals surface area (Å²) in [5.74, 6) is 1.54. The van der Waals surface area contributed by atoms with Crippen molar-refractivity contribution in [3.05, 3.63) is 18.4 Å². The van der Waals surface area contributed by atoms with Crippen molar-refractivity contribution in [3.63, 3.8) is 0 Å². The van der Waals surface area contributed by atoms with Crippen molar-refractivity contribution in [1.29, 1.82) is 0 Å². The van der Waals surface area contributed by atoms with Gasteiger partial charge in [-0.15, -0.1) is 0 Å². The van der Waals surface area contributed by atoms with Gasteiger partial charge in [0.1, 0.15) is 12.2 Å². The topological polar surface area (TPSA) is 34.0 Å². The molecule has 0 saturated carbocycles. The van der Waals surface area contributed by atoms with Gasteiger partial charge in [0.25, 0.3) is 0 Å².